The van der Waals surface area contributed by atoms with Crippen molar-refractivity contribution < 1.29 is 4.74 Å². The number of unbranched alkanes of at least 4 members (excludes halogenated alkanes) is 2. The van der Waals surface area contributed by atoms with E-state index in [1.807, 2.05) is 0 Å². The summed E-state index contributed by atoms with van der Waals surface area (Å²) >= 11 is 0. The molecule has 1 rings (SSSR count). The molecule has 0 spiro atoms. The van der Waals surface area contributed by atoms with E-state index in [4.69, 9.17) is 4.74 Å². The van der Waals surface area contributed by atoms with E-state index in [1.165, 1.54) is 36.0 Å². The molecule has 0 aliphatic rings. The summed E-state index contributed by atoms with van der Waals surface area (Å²) in [4.78, 5) is 0. The molecule has 0 fully saturated rings. The van der Waals surface area contributed by atoms with Gasteiger partial charge in [0.1, 0.15) is 0 Å². The van der Waals surface area contributed by atoms with Crippen molar-refractivity contribution in [3.63, 3.8) is 0 Å². The van der Waals surface area contributed by atoms with Crippen LogP contribution in [0.5, 0.6) is 0 Å². The normalized spacial score (nSPS) is 10.6. The SMILES string of the molecule is CCCCCOCc1cc(C)cc(C)c1. The lowest BCUT2D eigenvalue weighted by Gasteiger charge is -2.06. The summed E-state index contributed by atoms with van der Waals surface area (Å²) in [5.41, 5.74) is 3.94. The zero-order valence-corrected chi connectivity index (χ0v) is 10.2. The highest BCUT2D eigenvalue weighted by molar-refractivity contribution is 5.27. The van der Waals surface area contributed by atoms with Crippen molar-refractivity contribution in [2.45, 2.75) is 46.6 Å². The standard InChI is InChI=1S/C14H22O/c1-4-5-6-7-15-11-14-9-12(2)8-13(3)10-14/h8-10H,4-7,11H2,1-3H3. The Morgan fingerprint density at radius 2 is 1.67 bits per heavy atom. The number of hydrogen-bond acceptors (Lipinski definition) is 1. The van der Waals surface area contributed by atoms with Crippen molar-refractivity contribution in [2.24, 2.45) is 0 Å². The van der Waals surface area contributed by atoms with Gasteiger partial charge < -0.3 is 4.74 Å². The molecule has 1 heteroatoms. The molecule has 15 heavy (non-hydrogen) atoms. The topological polar surface area (TPSA) is 9.23 Å². The largest absolute Gasteiger partial charge is 0.377 e. The minimum Gasteiger partial charge on any atom is -0.377 e. The molecule has 0 heterocycles. The molecule has 0 atom stereocenters. The highest BCUT2D eigenvalue weighted by Gasteiger charge is 1.96. The van der Waals surface area contributed by atoms with Crippen LogP contribution in [0.1, 0.15) is 42.9 Å². The van der Waals surface area contributed by atoms with Gasteiger partial charge in [0, 0.05) is 6.61 Å². The van der Waals surface area contributed by atoms with Gasteiger partial charge in [0.15, 0.2) is 0 Å². The first-order valence-corrected chi connectivity index (χ1v) is 5.87. The molecule has 0 aromatic heterocycles. The van der Waals surface area contributed by atoms with Crippen molar-refractivity contribution >= 4 is 0 Å². The fourth-order valence-electron chi connectivity index (χ4n) is 1.80. The lowest BCUT2D eigenvalue weighted by molar-refractivity contribution is 0.117. The predicted molar refractivity (Wildman–Crippen MR) is 65.1 cm³/mol. The molecular weight excluding hydrogens is 184 g/mol. The van der Waals surface area contributed by atoms with Crippen LogP contribution in [0.25, 0.3) is 0 Å². The van der Waals surface area contributed by atoms with Crippen LogP contribution in [0.3, 0.4) is 0 Å². The summed E-state index contributed by atoms with van der Waals surface area (Å²) in [6, 6.07) is 6.60. The molecule has 0 amide bonds. The van der Waals surface area contributed by atoms with Crippen molar-refractivity contribution in [3.05, 3.63) is 34.9 Å². The van der Waals surface area contributed by atoms with Gasteiger partial charge in [-0.1, -0.05) is 49.1 Å². The number of benzene rings is 1. The highest BCUT2D eigenvalue weighted by atomic mass is 16.5. The summed E-state index contributed by atoms with van der Waals surface area (Å²) in [5, 5.41) is 0. The molecule has 0 saturated carbocycles. The zero-order chi connectivity index (χ0) is 11.1. The van der Waals surface area contributed by atoms with Gasteiger partial charge in [0.05, 0.1) is 6.61 Å². The Morgan fingerprint density at radius 1 is 1.00 bits per heavy atom. The lowest BCUT2D eigenvalue weighted by Crippen LogP contribution is -1.96. The fourth-order valence-corrected chi connectivity index (χ4v) is 1.80. The Kier molecular flexibility index (Phi) is 5.41. The summed E-state index contributed by atoms with van der Waals surface area (Å²) < 4.78 is 5.63. The van der Waals surface area contributed by atoms with Gasteiger partial charge >= 0.3 is 0 Å². The van der Waals surface area contributed by atoms with E-state index in [1.54, 1.807) is 0 Å². The summed E-state index contributed by atoms with van der Waals surface area (Å²) in [6.45, 7) is 8.12. The monoisotopic (exact) mass is 206 g/mol. The molecule has 0 N–H and O–H groups in total. The average molecular weight is 206 g/mol. The van der Waals surface area contributed by atoms with E-state index in [0.717, 1.165) is 13.2 Å². The highest BCUT2D eigenvalue weighted by Crippen LogP contribution is 2.10. The first-order valence-electron chi connectivity index (χ1n) is 5.87. The molecule has 1 nitrogen and oxygen atoms in total. The van der Waals surface area contributed by atoms with E-state index < -0.39 is 0 Å². The van der Waals surface area contributed by atoms with E-state index in [-0.39, 0.29) is 0 Å². The Morgan fingerprint density at radius 3 is 2.27 bits per heavy atom. The van der Waals surface area contributed by atoms with Gasteiger partial charge in [0.25, 0.3) is 0 Å². The van der Waals surface area contributed by atoms with E-state index in [0.29, 0.717) is 0 Å². The van der Waals surface area contributed by atoms with Gasteiger partial charge in [-0.05, 0) is 25.8 Å². The van der Waals surface area contributed by atoms with E-state index in [2.05, 4.69) is 39.0 Å². The first-order chi connectivity index (χ1) is 7.22. The van der Waals surface area contributed by atoms with E-state index >= 15 is 0 Å². The second-order valence-corrected chi connectivity index (χ2v) is 4.26. The Labute approximate surface area is 93.5 Å². The second-order valence-electron chi connectivity index (χ2n) is 4.26. The number of rotatable bonds is 6. The van der Waals surface area contributed by atoms with Crippen LogP contribution in [0, 0.1) is 13.8 Å². The van der Waals surface area contributed by atoms with E-state index in [9.17, 15) is 0 Å². The summed E-state index contributed by atoms with van der Waals surface area (Å²) in [7, 11) is 0. The second kappa shape index (κ2) is 6.62. The van der Waals surface area contributed by atoms with Gasteiger partial charge in [-0.2, -0.15) is 0 Å². The van der Waals surface area contributed by atoms with Crippen LogP contribution in [0.2, 0.25) is 0 Å². The molecule has 0 saturated heterocycles. The van der Waals surface area contributed by atoms with Crippen LogP contribution >= 0.6 is 0 Å². The maximum absolute atomic E-state index is 5.63. The van der Waals surface area contributed by atoms with Crippen molar-refractivity contribution in [1.29, 1.82) is 0 Å². The molecule has 1 aromatic carbocycles. The molecule has 84 valence electrons. The van der Waals surface area contributed by atoms with Crippen molar-refractivity contribution in [3.8, 4) is 0 Å². The van der Waals surface area contributed by atoms with Gasteiger partial charge in [-0.25, -0.2) is 0 Å². The van der Waals surface area contributed by atoms with Crippen LogP contribution in [-0.2, 0) is 11.3 Å². The molecule has 0 bridgehead atoms. The van der Waals surface area contributed by atoms with Gasteiger partial charge in [-0.15, -0.1) is 0 Å². The molecule has 0 radical (unpaired) electrons. The first kappa shape index (κ1) is 12.3. The van der Waals surface area contributed by atoms with Crippen molar-refractivity contribution in [2.75, 3.05) is 6.61 Å². The third kappa shape index (κ3) is 4.98. The quantitative estimate of drug-likeness (QED) is 0.639. The molecule has 0 aliphatic heterocycles. The third-order valence-electron chi connectivity index (χ3n) is 2.44. The fraction of sp³-hybridized carbons (Fsp3) is 0.571. The molecule has 0 unspecified atom stereocenters. The summed E-state index contributed by atoms with van der Waals surface area (Å²) in [6.07, 6.45) is 3.71. The lowest BCUT2D eigenvalue weighted by atomic mass is 10.1. The third-order valence-corrected chi connectivity index (χ3v) is 2.44. The van der Waals surface area contributed by atoms with Crippen molar-refractivity contribution in [1.82, 2.24) is 0 Å². The predicted octanol–water partition coefficient (Wildman–Crippen LogP) is 4.01. The average Bonchev–Trinajstić information content (AvgIpc) is 2.16. The Hall–Kier alpha value is -0.820. The number of aryl methyl sites for hydroxylation is 2. The number of ether oxygens (including phenoxy) is 1. The smallest absolute Gasteiger partial charge is 0.0717 e. The van der Waals surface area contributed by atoms with Gasteiger partial charge in [-0.3, -0.25) is 0 Å². The minimum atomic E-state index is 0.756. The Bertz CT molecular complexity index is 271. The molecule has 0 aliphatic carbocycles. The maximum Gasteiger partial charge on any atom is 0.0717 e. The van der Waals surface area contributed by atoms with Gasteiger partial charge in [0.2, 0.25) is 0 Å². The van der Waals surface area contributed by atoms with Crippen LogP contribution in [0.15, 0.2) is 18.2 Å². The molecule has 1 aromatic rings. The number of hydrogen-bond donors (Lipinski definition) is 0. The minimum absolute atomic E-state index is 0.756. The van der Waals surface area contributed by atoms with Crippen LogP contribution in [0.4, 0.5) is 0 Å². The van der Waals surface area contributed by atoms with Crippen LogP contribution < -0.4 is 0 Å². The Balaban J connectivity index is 2.31. The molecular formula is C14H22O. The summed E-state index contributed by atoms with van der Waals surface area (Å²) in [5.74, 6) is 0. The zero-order valence-electron chi connectivity index (χ0n) is 10.2. The van der Waals surface area contributed by atoms with Crippen LogP contribution in [-0.4, -0.2) is 6.61 Å². The maximum atomic E-state index is 5.63.